The van der Waals surface area contributed by atoms with E-state index in [-0.39, 0.29) is 29.2 Å². The molecular formula is C21H23F2N5O2. The maximum Gasteiger partial charge on any atom is 0.343 e. The maximum absolute atomic E-state index is 14.0. The molecule has 1 fully saturated rings. The first-order valence-corrected chi connectivity index (χ1v) is 9.52. The Labute approximate surface area is 173 Å². The third kappa shape index (κ3) is 4.49. The first kappa shape index (κ1) is 21.5. The van der Waals surface area contributed by atoms with Crippen LogP contribution in [0.1, 0.15) is 40.7 Å². The maximum atomic E-state index is 14.0. The van der Waals surface area contributed by atoms with Crippen molar-refractivity contribution in [3.63, 3.8) is 0 Å². The molecule has 158 valence electrons. The van der Waals surface area contributed by atoms with Gasteiger partial charge in [0.25, 0.3) is 5.92 Å². The number of benzene rings is 1. The second-order valence-electron chi connectivity index (χ2n) is 7.31. The smallest absolute Gasteiger partial charge is 0.343 e. The zero-order valence-electron chi connectivity index (χ0n) is 16.7. The number of nitriles is 1. The number of methoxy groups -OCH3 is 1. The summed E-state index contributed by atoms with van der Waals surface area (Å²) in [6, 6.07) is 8.54. The molecule has 4 N–H and O–H groups in total. The second-order valence-corrected chi connectivity index (χ2v) is 7.31. The van der Waals surface area contributed by atoms with Crippen LogP contribution < -0.4 is 16.4 Å². The number of halogens is 2. The van der Waals surface area contributed by atoms with E-state index in [0.717, 1.165) is 5.56 Å². The minimum Gasteiger partial charge on any atom is -0.465 e. The molecule has 1 aliphatic carbocycles. The molecule has 0 radical (unpaired) electrons. The molecule has 2 atom stereocenters. The van der Waals surface area contributed by atoms with Gasteiger partial charge in [-0.05, 0) is 43.5 Å². The Morgan fingerprint density at radius 2 is 2.17 bits per heavy atom. The molecule has 30 heavy (non-hydrogen) atoms. The Morgan fingerprint density at radius 3 is 2.83 bits per heavy atom. The van der Waals surface area contributed by atoms with Crippen molar-refractivity contribution in [2.45, 2.75) is 44.2 Å². The highest BCUT2D eigenvalue weighted by Gasteiger charge is 2.44. The largest absolute Gasteiger partial charge is 0.465 e. The van der Waals surface area contributed by atoms with E-state index >= 15 is 0 Å². The molecule has 1 heterocycles. The predicted molar refractivity (Wildman–Crippen MR) is 109 cm³/mol. The number of nitrogens with zero attached hydrogens (tertiary/aromatic N) is 2. The first-order chi connectivity index (χ1) is 14.2. The van der Waals surface area contributed by atoms with Crippen molar-refractivity contribution in [3.05, 3.63) is 47.0 Å². The van der Waals surface area contributed by atoms with Gasteiger partial charge in [-0.2, -0.15) is 5.26 Å². The van der Waals surface area contributed by atoms with E-state index in [1.54, 1.807) is 6.07 Å². The van der Waals surface area contributed by atoms with Crippen molar-refractivity contribution in [1.29, 1.82) is 5.26 Å². The van der Waals surface area contributed by atoms with Crippen LogP contribution in [0.4, 0.5) is 26.1 Å². The molecule has 7 nitrogen and oxygen atoms in total. The van der Waals surface area contributed by atoms with Crippen molar-refractivity contribution >= 4 is 23.3 Å². The first-order valence-electron chi connectivity index (χ1n) is 9.52. The number of esters is 1. The van der Waals surface area contributed by atoms with E-state index in [0.29, 0.717) is 18.5 Å². The number of aromatic nitrogens is 1. The molecule has 2 aromatic rings. The number of carbonyl (C=O) groups excluding carboxylic acids is 1. The van der Waals surface area contributed by atoms with Crippen LogP contribution >= 0.6 is 0 Å². The number of hydrogen-bond donors (Lipinski definition) is 3. The molecule has 0 amide bonds. The van der Waals surface area contributed by atoms with Gasteiger partial charge >= 0.3 is 5.97 Å². The van der Waals surface area contributed by atoms with Crippen molar-refractivity contribution < 1.29 is 18.3 Å². The fourth-order valence-electron chi connectivity index (χ4n) is 3.52. The van der Waals surface area contributed by atoms with Crippen LogP contribution in [0.2, 0.25) is 0 Å². The summed E-state index contributed by atoms with van der Waals surface area (Å²) in [5.41, 5.74) is 7.35. The summed E-state index contributed by atoms with van der Waals surface area (Å²) in [6.07, 6.45) is 0.502. The number of nitrogens with one attached hydrogen (secondary N) is 2. The Hall–Kier alpha value is -3.25. The van der Waals surface area contributed by atoms with Crippen LogP contribution in [0, 0.1) is 18.3 Å². The van der Waals surface area contributed by atoms with Gasteiger partial charge in [0.1, 0.15) is 23.3 Å². The molecule has 1 aromatic heterocycles. The summed E-state index contributed by atoms with van der Waals surface area (Å²) in [7, 11) is 1.20. The topological polar surface area (TPSA) is 113 Å². The van der Waals surface area contributed by atoms with Gasteiger partial charge in [0.05, 0.1) is 18.7 Å². The minimum atomic E-state index is -2.98. The third-order valence-corrected chi connectivity index (χ3v) is 5.09. The predicted octanol–water partition coefficient (Wildman–Crippen LogP) is 3.72. The molecule has 1 aliphatic rings. The summed E-state index contributed by atoms with van der Waals surface area (Å²) >= 11 is 0. The number of nitrogens with two attached hydrogens (primary N) is 1. The summed E-state index contributed by atoms with van der Waals surface area (Å²) in [5, 5.41) is 15.5. The van der Waals surface area contributed by atoms with Crippen LogP contribution in [0.15, 0.2) is 30.3 Å². The van der Waals surface area contributed by atoms with E-state index in [9.17, 15) is 18.8 Å². The van der Waals surface area contributed by atoms with Gasteiger partial charge in [0.15, 0.2) is 0 Å². The summed E-state index contributed by atoms with van der Waals surface area (Å²) < 4.78 is 32.8. The van der Waals surface area contributed by atoms with Gasteiger partial charge in [-0.25, -0.2) is 18.6 Å². The van der Waals surface area contributed by atoms with Crippen LogP contribution in [0.5, 0.6) is 0 Å². The highest BCUT2D eigenvalue weighted by atomic mass is 19.3. The van der Waals surface area contributed by atoms with Gasteiger partial charge in [0, 0.05) is 18.2 Å². The van der Waals surface area contributed by atoms with Crippen LogP contribution in [0.3, 0.4) is 0 Å². The third-order valence-electron chi connectivity index (χ3n) is 5.09. The summed E-state index contributed by atoms with van der Waals surface area (Å²) in [4.78, 5) is 16.7. The van der Waals surface area contributed by atoms with E-state index in [1.165, 1.54) is 13.2 Å². The standard InChI is InChI=1S/C21H23F2N5O2/c1-12-5-3-6-14(9-12)26-19-17(20(29)30-2)13(11-24)10-16(28-19)27-15-7-4-8-21(22,23)18(15)25/h3,5-6,9-10,15,18H,4,7-8,25H2,1-2H3,(H2,26,27,28). The Morgan fingerprint density at radius 1 is 1.40 bits per heavy atom. The van der Waals surface area contributed by atoms with Crippen LogP contribution in [0.25, 0.3) is 0 Å². The number of alkyl halides is 2. The molecule has 0 saturated heterocycles. The molecule has 1 saturated carbocycles. The number of pyridine rings is 1. The molecular weight excluding hydrogens is 392 g/mol. The molecule has 0 spiro atoms. The van der Waals surface area contributed by atoms with E-state index in [2.05, 4.69) is 15.6 Å². The second kappa shape index (κ2) is 8.63. The average Bonchev–Trinajstić information content (AvgIpc) is 2.70. The number of hydrogen-bond acceptors (Lipinski definition) is 7. The van der Waals surface area contributed by atoms with Crippen molar-refractivity contribution in [3.8, 4) is 6.07 Å². The Kier molecular flexibility index (Phi) is 6.17. The lowest BCUT2D eigenvalue weighted by Gasteiger charge is -2.36. The summed E-state index contributed by atoms with van der Waals surface area (Å²) in [5.74, 6) is -3.46. The molecule has 3 rings (SSSR count). The lowest BCUT2D eigenvalue weighted by Crippen LogP contribution is -2.55. The van der Waals surface area contributed by atoms with Crippen molar-refractivity contribution in [1.82, 2.24) is 4.98 Å². The Bertz CT molecular complexity index is 990. The minimum absolute atomic E-state index is 0.00523. The van der Waals surface area contributed by atoms with Gasteiger partial charge < -0.3 is 21.1 Å². The van der Waals surface area contributed by atoms with Gasteiger partial charge in [-0.15, -0.1) is 0 Å². The number of aryl methyl sites for hydroxylation is 1. The number of anilines is 3. The molecule has 2 unspecified atom stereocenters. The van der Waals surface area contributed by atoms with Crippen molar-refractivity contribution in [2.75, 3.05) is 17.7 Å². The zero-order valence-corrected chi connectivity index (χ0v) is 16.7. The number of rotatable bonds is 5. The summed E-state index contributed by atoms with van der Waals surface area (Å²) in [6.45, 7) is 1.91. The quantitative estimate of drug-likeness (QED) is 0.638. The fourth-order valence-corrected chi connectivity index (χ4v) is 3.52. The zero-order chi connectivity index (χ0) is 21.9. The lowest BCUT2D eigenvalue weighted by molar-refractivity contribution is -0.0554. The van der Waals surface area contributed by atoms with Crippen LogP contribution in [-0.2, 0) is 4.74 Å². The fraction of sp³-hybridized carbons (Fsp3) is 0.381. The van der Waals surface area contributed by atoms with Gasteiger partial charge in [-0.3, -0.25) is 0 Å². The van der Waals surface area contributed by atoms with Gasteiger partial charge in [0.2, 0.25) is 0 Å². The molecule has 9 heteroatoms. The SMILES string of the molecule is COC(=O)c1c(C#N)cc(NC2CCCC(F)(F)C2N)nc1Nc1cccc(C)c1. The van der Waals surface area contributed by atoms with E-state index < -0.39 is 24.0 Å². The highest BCUT2D eigenvalue weighted by molar-refractivity contribution is 5.98. The van der Waals surface area contributed by atoms with Crippen molar-refractivity contribution in [2.24, 2.45) is 5.73 Å². The van der Waals surface area contributed by atoms with E-state index in [4.69, 9.17) is 10.5 Å². The monoisotopic (exact) mass is 415 g/mol. The lowest BCUT2D eigenvalue weighted by atomic mass is 9.87. The molecule has 1 aromatic carbocycles. The number of ether oxygens (including phenoxy) is 1. The van der Waals surface area contributed by atoms with Crippen LogP contribution in [-0.4, -0.2) is 36.1 Å². The molecule has 0 aliphatic heterocycles. The van der Waals surface area contributed by atoms with Gasteiger partial charge in [-0.1, -0.05) is 12.1 Å². The molecule has 0 bridgehead atoms. The Balaban J connectivity index is 2.01. The average molecular weight is 415 g/mol. The normalized spacial score (nSPS) is 20.1. The number of carbonyl (C=O) groups is 1. The van der Waals surface area contributed by atoms with E-state index in [1.807, 2.05) is 31.2 Å². The highest BCUT2D eigenvalue weighted by Crippen LogP contribution is 2.34.